The van der Waals surface area contributed by atoms with Crippen LogP contribution in [0, 0.1) is 0 Å². The van der Waals surface area contributed by atoms with Gasteiger partial charge >= 0.3 is 0 Å². The summed E-state index contributed by atoms with van der Waals surface area (Å²) in [5.74, 6) is 0.699. The fourth-order valence-corrected chi connectivity index (χ4v) is 6.86. The van der Waals surface area contributed by atoms with E-state index in [1.807, 2.05) is 18.2 Å². The lowest BCUT2D eigenvalue weighted by atomic mass is 9.86. The Balaban J connectivity index is 1.33. The topological polar surface area (TPSA) is 42.2 Å². The normalized spacial score (nSPS) is 21.6. The minimum absolute atomic E-state index is 0.300. The zero-order valence-corrected chi connectivity index (χ0v) is 20.3. The molecule has 1 unspecified atom stereocenters. The van der Waals surface area contributed by atoms with Gasteiger partial charge in [0.2, 0.25) is 11.6 Å². The summed E-state index contributed by atoms with van der Waals surface area (Å²) in [6.07, 6.45) is 16.0. The molecule has 2 saturated carbocycles. The molecule has 0 aliphatic heterocycles. The van der Waals surface area contributed by atoms with Crippen molar-refractivity contribution in [2.24, 2.45) is 0 Å². The quantitative estimate of drug-likeness (QED) is 0.309. The lowest BCUT2D eigenvalue weighted by Gasteiger charge is -2.45. The minimum atomic E-state index is 0.300. The van der Waals surface area contributed by atoms with Gasteiger partial charge in [0.05, 0.1) is 11.6 Å². The van der Waals surface area contributed by atoms with Gasteiger partial charge in [-0.25, -0.2) is 9.97 Å². The average molecular weight is 464 g/mol. The number of hydrogen-bond acceptors (Lipinski definition) is 4. The first kappa shape index (κ1) is 21.3. The average Bonchev–Trinajstić information content (AvgIpc) is 3.50. The Morgan fingerprint density at radius 3 is 2.17 bits per heavy atom. The first-order valence-electron chi connectivity index (χ1n) is 13.6. The lowest BCUT2D eigenvalue weighted by Crippen LogP contribution is -2.46. The van der Waals surface area contributed by atoms with Gasteiger partial charge in [-0.15, -0.1) is 0 Å². The third kappa shape index (κ3) is 3.79. The maximum Gasteiger partial charge on any atom is 0.247 e. The number of pyridine rings is 1. The van der Waals surface area contributed by atoms with Crippen LogP contribution in [0.25, 0.3) is 27.7 Å². The summed E-state index contributed by atoms with van der Waals surface area (Å²) in [7, 11) is 0. The summed E-state index contributed by atoms with van der Waals surface area (Å²) in [5, 5.41) is 1.10. The van der Waals surface area contributed by atoms with Crippen LogP contribution in [0.1, 0.15) is 87.3 Å². The molecule has 0 bridgehead atoms. The first-order chi connectivity index (χ1) is 17.3. The second-order valence-corrected chi connectivity index (χ2v) is 10.7. The van der Waals surface area contributed by atoms with E-state index in [-0.39, 0.29) is 0 Å². The highest BCUT2D eigenvalue weighted by molar-refractivity contribution is 5.90. The number of benzene rings is 2. The molecule has 3 aliphatic carbocycles. The highest BCUT2D eigenvalue weighted by atomic mass is 16.4. The van der Waals surface area contributed by atoms with Crippen molar-refractivity contribution in [3.05, 3.63) is 77.7 Å². The summed E-state index contributed by atoms with van der Waals surface area (Å²) in [6, 6.07) is 20.9. The second kappa shape index (κ2) is 8.91. The highest BCUT2D eigenvalue weighted by Gasteiger charge is 2.38. The van der Waals surface area contributed by atoms with Crippen molar-refractivity contribution < 1.29 is 4.42 Å². The molecular formula is C31H33N3O. The maximum atomic E-state index is 6.33. The summed E-state index contributed by atoms with van der Waals surface area (Å²) in [6.45, 7) is 0. The predicted octanol–water partition coefficient (Wildman–Crippen LogP) is 7.83. The molecule has 0 amide bonds. The van der Waals surface area contributed by atoms with Crippen molar-refractivity contribution in [1.29, 1.82) is 0 Å². The van der Waals surface area contributed by atoms with Gasteiger partial charge in [-0.05, 0) is 55.0 Å². The van der Waals surface area contributed by atoms with E-state index >= 15 is 0 Å². The molecular weight excluding hydrogens is 430 g/mol. The molecule has 2 fully saturated rings. The van der Waals surface area contributed by atoms with E-state index in [0.717, 1.165) is 22.0 Å². The number of rotatable bonds is 4. The van der Waals surface area contributed by atoms with E-state index in [9.17, 15) is 0 Å². The van der Waals surface area contributed by atoms with Crippen LogP contribution in [0.5, 0.6) is 0 Å². The maximum absolute atomic E-state index is 6.33. The molecule has 4 nitrogen and oxygen atoms in total. The van der Waals surface area contributed by atoms with Gasteiger partial charge in [0, 0.05) is 23.0 Å². The molecule has 178 valence electrons. The third-order valence-electron chi connectivity index (χ3n) is 8.52. The summed E-state index contributed by atoms with van der Waals surface area (Å²) in [5.41, 5.74) is 6.21. The van der Waals surface area contributed by atoms with Crippen molar-refractivity contribution >= 4 is 27.7 Å². The zero-order valence-electron chi connectivity index (χ0n) is 20.3. The van der Waals surface area contributed by atoms with E-state index in [4.69, 9.17) is 14.4 Å². The molecule has 0 radical (unpaired) electrons. The van der Waals surface area contributed by atoms with Crippen LogP contribution in [0.2, 0.25) is 0 Å². The van der Waals surface area contributed by atoms with Gasteiger partial charge in [-0.1, -0.05) is 81.0 Å². The SMILES string of the molecule is C1=C(c2nc3cc4ccccc4nc3o2)c2ccccc2C1N(C1CCCCC1)C1CCCCC1. The summed E-state index contributed by atoms with van der Waals surface area (Å²) >= 11 is 0. The molecule has 4 aromatic rings. The minimum Gasteiger partial charge on any atom is -0.418 e. The van der Waals surface area contributed by atoms with Crippen molar-refractivity contribution in [2.75, 3.05) is 0 Å². The monoisotopic (exact) mass is 463 g/mol. The Morgan fingerprint density at radius 2 is 1.40 bits per heavy atom. The standard InChI is InChI=1S/C31H33N3O/c1-3-12-22(13-4-1)34(23-14-5-2-6-15-23)29-20-26(24-16-8-9-17-25(24)29)30-33-28-19-21-11-7-10-18-27(21)32-31(28)35-30/h7-11,16-20,22-23,29H,1-6,12-15H2. The Kier molecular flexibility index (Phi) is 5.42. The molecule has 0 spiro atoms. The van der Waals surface area contributed by atoms with Crippen molar-refractivity contribution in [1.82, 2.24) is 14.9 Å². The molecule has 2 aromatic carbocycles. The molecule has 35 heavy (non-hydrogen) atoms. The fraction of sp³-hybridized carbons (Fsp3) is 0.419. The van der Waals surface area contributed by atoms with Crippen LogP contribution in [0.15, 0.2) is 65.1 Å². The van der Waals surface area contributed by atoms with Crippen molar-refractivity contribution in [2.45, 2.75) is 82.3 Å². The number of oxazole rings is 1. The van der Waals surface area contributed by atoms with Gasteiger partial charge < -0.3 is 4.42 Å². The highest BCUT2D eigenvalue weighted by Crippen LogP contribution is 2.46. The van der Waals surface area contributed by atoms with Crippen LogP contribution in [0.3, 0.4) is 0 Å². The smallest absolute Gasteiger partial charge is 0.247 e. The Labute approximate surface area is 207 Å². The number of aromatic nitrogens is 2. The van der Waals surface area contributed by atoms with E-state index in [1.165, 1.54) is 75.3 Å². The summed E-state index contributed by atoms with van der Waals surface area (Å²) < 4.78 is 6.33. The zero-order chi connectivity index (χ0) is 23.2. The Bertz CT molecular complexity index is 1320. The molecule has 2 aromatic heterocycles. The number of para-hydroxylation sites is 1. The van der Waals surface area contributed by atoms with E-state index in [0.29, 0.717) is 29.7 Å². The van der Waals surface area contributed by atoms with E-state index in [2.05, 4.69) is 47.4 Å². The van der Waals surface area contributed by atoms with Gasteiger partial charge in [-0.2, -0.15) is 0 Å². The second-order valence-electron chi connectivity index (χ2n) is 10.7. The van der Waals surface area contributed by atoms with Crippen LogP contribution in [-0.4, -0.2) is 27.0 Å². The van der Waals surface area contributed by atoms with E-state index < -0.39 is 0 Å². The molecule has 7 rings (SSSR count). The van der Waals surface area contributed by atoms with Gasteiger partial charge in [0.15, 0.2) is 0 Å². The largest absolute Gasteiger partial charge is 0.418 e. The van der Waals surface area contributed by atoms with Crippen LogP contribution < -0.4 is 0 Å². The van der Waals surface area contributed by atoms with Gasteiger partial charge in [0.25, 0.3) is 0 Å². The Hall–Kier alpha value is -2.98. The first-order valence-corrected chi connectivity index (χ1v) is 13.6. The Morgan fingerprint density at radius 1 is 0.714 bits per heavy atom. The van der Waals surface area contributed by atoms with Crippen molar-refractivity contribution in [3.8, 4) is 0 Å². The van der Waals surface area contributed by atoms with Crippen LogP contribution >= 0.6 is 0 Å². The molecule has 3 aliphatic rings. The van der Waals surface area contributed by atoms with Crippen molar-refractivity contribution in [3.63, 3.8) is 0 Å². The van der Waals surface area contributed by atoms with Gasteiger partial charge in [0.1, 0.15) is 5.52 Å². The summed E-state index contributed by atoms with van der Waals surface area (Å²) in [4.78, 5) is 12.6. The molecule has 1 atom stereocenters. The third-order valence-corrected chi connectivity index (χ3v) is 8.52. The van der Waals surface area contributed by atoms with Crippen LogP contribution in [-0.2, 0) is 0 Å². The molecule has 0 N–H and O–H groups in total. The van der Waals surface area contributed by atoms with Crippen LogP contribution in [0.4, 0.5) is 0 Å². The number of hydrogen-bond donors (Lipinski definition) is 0. The molecule has 0 saturated heterocycles. The number of nitrogens with zero attached hydrogens (tertiary/aromatic N) is 3. The molecule has 2 heterocycles. The fourth-order valence-electron chi connectivity index (χ4n) is 6.86. The number of fused-ring (bicyclic) bond motifs is 3. The lowest BCUT2D eigenvalue weighted by molar-refractivity contribution is 0.0555. The van der Waals surface area contributed by atoms with Gasteiger partial charge in [-0.3, -0.25) is 4.90 Å². The molecule has 4 heteroatoms. The van der Waals surface area contributed by atoms with E-state index in [1.54, 1.807) is 0 Å². The predicted molar refractivity (Wildman–Crippen MR) is 141 cm³/mol.